The molecule has 2 heterocycles. The van der Waals surface area contributed by atoms with E-state index in [-0.39, 0.29) is 0 Å². The van der Waals surface area contributed by atoms with Crippen molar-refractivity contribution in [3.8, 4) is 11.5 Å². The molecule has 0 fully saturated rings. The van der Waals surface area contributed by atoms with E-state index < -0.39 is 0 Å². The van der Waals surface area contributed by atoms with Gasteiger partial charge < -0.3 is 9.99 Å². The van der Waals surface area contributed by atoms with Crippen molar-refractivity contribution in [3.63, 3.8) is 0 Å². The van der Waals surface area contributed by atoms with Gasteiger partial charge in [-0.05, 0) is 13.3 Å². The van der Waals surface area contributed by atoms with E-state index in [4.69, 9.17) is 5.84 Å². The van der Waals surface area contributed by atoms with Crippen molar-refractivity contribution in [2.45, 2.75) is 20.3 Å². The van der Waals surface area contributed by atoms with E-state index in [0.29, 0.717) is 11.6 Å². The Morgan fingerprint density at radius 3 is 2.71 bits per heavy atom. The molecule has 0 radical (unpaired) electrons. The number of nitrogens with two attached hydrogens (primary N) is 1. The van der Waals surface area contributed by atoms with Crippen LogP contribution in [0.25, 0.3) is 11.5 Å². The summed E-state index contributed by atoms with van der Waals surface area (Å²) in [6.45, 7) is 4.01. The topological polar surface area (TPSA) is 81.7 Å². The molecule has 0 atom stereocenters. The predicted molar refractivity (Wildman–Crippen MR) is 66.2 cm³/mol. The second-order valence-corrected chi connectivity index (χ2v) is 3.85. The SMILES string of the molecule is CCc1c(C)nc(-c2cncn2C)nc1NN. The standard InChI is InChI=1S/C11H16N6/c1-4-8-7(2)14-11(15-10(8)16-12)9-5-13-6-17(9)3/h5-6H,4,12H2,1-3H3,(H,14,15,16). The number of aromatic nitrogens is 4. The Labute approximate surface area is 99.9 Å². The van der Waals surface area contributed by atoms with Crippen LogP contribution in [0, 0.1) is 6.92 Å². The molecule has 0 saturated carbocycles. The van der Waals surface area contributed by atoms with Crippen LogP contribution in [0.4, 0.5) is 5.82 Å². The van der Waals surface area contributed by atoms with Crippen LogP contribution in [-0.4, -0.2) is 19.5 Å². The summed E-state index contributed by atoms with van der Waals surface area (Å²) < 4.78 is 1.88. The number of rotatable bonds is 3. The summed E-state index contributed by atoms with van der Waals surface area (Å²) in [7, 11) is 1.91. The summed E-state index contributed by atoms with van der Waals surface area (Å²) in [5, 5.41) is 0. The molecule has 0 aliphatic carbocycles. The van der Waals surface area contributed by atoms with E-state index in [1.165, 1.54) is 0 Å². The first-order valence-corrected chi connectivity index (χ1v) is 5.48. The number of anilines is 1. The van der Waals surface area contributed by atoms with Crippen LogP contribution in [0.5, 0.6) is 0 Å². The highest BCUT2D eigenvalue weighted by molar-refractivity contribution is 5.56. The quantitative estimate of drug-likeness (QED) is 0.610. The Morgan fingerprint density at radius 2 is 2.18 bits per heavy atom. The number of hydrazine groups is 1. The maximum Gasteiger partial charge on any atom is 0.180 e. The van der Waals surface area contributed by atoms with Crippen LogP contribution < -0.4 is 11.3 Å². The average Bonchev–Trinajstić information content (AvgIpc) is 2.74. The molecule has 2 rings (SSSR count). The van der Waals surface area contributed by atoms with Gasteiger partial charge in [0.15, 0.2) is 5.82 Å². The van der Waals surface area contributed by atoms with Crippen molar-refractivity contribution in [1.82, 2.24) is 19.5 Å². The van der Waals surface area contributed by atoms with Crippen molar-refractivity contribution >= 4 is 5.82 Å². The predicted octanol–water partition coefficient (Wildman–Crippen LogP) is 1.03. The van der Waals surface area contributed by atoms with Gasteiger partial charge in [-0.15, -0.1) is 0 Å². The van der Waals surface area contributed by atoms with Crippen molar-refractivity contribution in [2.75, 3.05) is 5.43 Å². The zero-order valence-corrected chi connectivity index (χ0v) is 10.2. The molecule has 6 heteroatoms. The minimum Gasteiger partial charge on any atom is -0.331 e. The van der Waals surface area contributed by atoms with Crippen molar-refractivity contribution in [3.05, 3.63) is 23.8 Å². The van der Waals surface area contributed by atoms with Gasteiger partial charge in [-0.25, -0.2) is 20.8 Å². The van der Waals surface area contributed by atoms with Crippen molar-refractivity contribution < 1.29 is 0 Å². The molecule has 0 aromatic carbocycles. The zero-order chi connectivity index (χ0) is 12.4. The molecule has 2 aromatic rings. The molecule has 17 heavy (non-hydrogen) atoms. The van der Waals surface area contributed by atoms with Crippen molar-refractivity contribution in [2.24, 2.45) is 12.9 Å². The van der Waals surface area contributed by atoms with E-state index in [9.17, 15) is 0 Å². The van der Waals surface area contributed by atoms with E-state index >= 15 is 0 Å². The van der Waals surface area contributed by atoms with Gasteiger partial charge >= 0.3 is 0 Å². The lowest BCUT2D eigenvalue weighted by atomic mass is 10.1. The fourth-order valence-electron chi connectivity index (χ4n) is 1.83. The highest BCUT2D eigenvalue weighted by Crippen LogP contribution is 2.21. The number of nitrogens with zero attached hydrogens (tertiary/aromatic N) is 4. The van der Waals surface area contributed by atoms with E-state index in [1.807, 2.05) is 18.5 Å². The number of imidazole rings is 1. The molecule has 0 aliphatic rings. The Kier molecular flexibility index (Phi) is 3.06. The van der Waals surface area contributed by atoms with Crippen molar-refractivity contribution in [1.29, 1.82) is 0 Å². The molecule has 0 bridgehead atoms. The molecule has 0 aliphatic heterocycles. The molecule has 3 N–H and O–H groups in total. The highest BCUT2D eigenvalue weighted by Gasteiger charge is 2.12. The minimum atomic E-state index is 0.632. The third kappa shape index (κ3) is 1.99. The summed E-state index contributed by atoms with van der Waals surface area (Å²) in [5.74, 6) is 6.80. The molecule has 90 valence electrons. The van der Waals surface area contributed by atoms with E-state index in [2.05, 4.69) is 27.3 Å². The minimum absolute atomic E-state index is 0.632. The fraction of sp³-hybridized carbons (Fsp3) is 0.364. The van der Waals surface area contributed by atoms with Gasteiger partial charge in [-0.3, -0.25) is 0 Å². The lowest BCUT2D eigenvalue weighted by Gasteiger charge is -2.11. The Bertz CT molecular complexity index is 531. The lowest BCUT2D eigenvalue weighted by Crippen LogP contribution is -2.14. The van der Waals surface area contributed by atoms with E-state index in [1.54, 1.807) is 12.5 Å². The third-order valence-corrected chi connectivity index (χ3v) is 2.75. The number of hydrogen-bond donors (Lipinski definition) is 2. The summed E-state index contributed by atoms with van der Waals surface area (Å²) in [6.07, 6.45) is 4.30. The highest BCUT2D eigenvalue weighted by atomic mass is 15.3. The van der Waals surface area contributed by atoms with Crippen LogP contribution in [0.2, 0.25) is 0 Å². The second-order valence-electron chi connectivity index (χ2n) is 3.85. The van der Waals surface area contributed by atoms with Crippen LogP contribution in [0.3, 0.4) is 0 Å². The maximum atomic E-state index is 5.49. The third-order valence-electron chi connectivity index (χ3n) is 2.75. The number of nitrogen functional groups attached to an aromatic ring is 1. The molecule has 0 unspecified atom stereocenters. The Hall–Kier alpha value is -1.95. The first-order chi connectivity index (χ1) is 8.17. The van der Waals surface area contributed by atoms with Gasteiger partial charge in [0.25, 0.3) is 0 Å². The lowest BCUT2D eigenvalue weighted by molar-refractivity contribution is 0.899. The Morgan fingerprint density at radius 1 is 1.41 bits per heavy atom. The molecular formula is C11H16N6. The smallest absolute Gasteiger partial charge is 0.180 e. The van der Waals surface area contributed by atoms with Crippen LogP contribution >= 0.6 is 0 Å². The summed E-state index contributed by atoms with van der Waals surface area (Å²) >= 11 is 0. The number of nitrogens with one attached hydrogen (secondary N) is 1. The fourth-order valence-corrected chi connectivity index (χ4v) is 1.83. The van der Waals surface area contributed by atoms with Crippen LogP contribution in [-0.2, 0) is 13.5 Å². The van der Waals surface area contributed by atoms with Crippen LogP contribution in [0.1, 0.15) is 18.2 Å². The van der Waals surface area contributed by atoms with Gasteiger partial charge in [-0.2, -0.15) is 0 Å². The van der Waals surface area contributed by atoms with Gasteiger partial charge in [0.2, 0.25) is 0 Å². The number of hydrogen-bond acceptors (Lipinski definition) is 5. The van der Waals surface area contributed by atoms with E-state index in [0.717, 1.165) is 23.4 Å². The normalized spacial score (nSPS) is 10.6. The zero-order valence-electron chi connectivity index (χ0n) is 10.2. The average molecular weight is 232 g/mol. The van der Waals surface area contributed by atoms with Crippen LogP contribution in [0.15, 0.2) is 12.5 Å². The summed E-state index contributed by atoms with van der Waals surface area (Å²) in [5.41, 5.74) is 5.47. The van der Waals surface area contributed by atoms with Gasteiger partial charge in [0.05, 0.1) is 12.5 Å². The van der Waals surface area contributed by atoms with Gasteiger partial charge in [0, 0.05) is 18.3 Å². The largest absolute Gasteiger partial charge is 0.331 e. The molecule has 0 amide bonds. The first kappa shape index (κ1) is 11.5. The molecule has 6 nitrogen and oxygen atoms in total. The monoisotopic (exact) mass is 232 g/mol. The number of aryl methyl sites for hydroxylation is 2. The van der Waals surface area contributed by atoms with Gasteiger partial charge in [0.1, 0.15) is 11.5 Å². The summed E-state index contributed by atoms with van der Waals surface area (Å²) in [4.78, 5) is 13.0. The Balaban J connectivity index is 2.58. The molecule has 0 spiro atoms. The first-order valence-electron chi connectivity index (χ1n) is 5.48. The molecule has 2 aromatic heterocycles. The molecular weight excluding hydrogens is 216 g/mol. The maximum absolute atomic E-state index is 5.49. The molecule has 0 saturated heterocycles. The summed E-state index contributed by atoms with van der Waals surface area (Å²) in [6, 6.07) is 0. The second kappa shape index (κ2) is 4.50. The van der Waals surface area contributed by atoms with Gasteiger partial charge in [-0.1, -0.05) is 6.92 Å².